The van der Waals surface area contributed by atoms with Crippen molar-refractivity contribution in [2.75, 3.05) is 6.61 Å². The highest BCUT2D eigenvalue weighted by molar-refractivity contribution is 5.80. The van der Waals surface area contributed by atoms with Gasteiger partial charge in [0.05, 0.1) is 18.6 Å². The minimum Gasteiger partial charge on any atom is -0.356 e. The number of carbonyl (C=O) groups is 1. The quantitative estimate of drug-likeness (QED) is 0.803. The van der Waals surface area contributed by atoms with Crippen molar-refractivity contribution >= 4 is 5.91 Å². The average Bonchev–Trinajstić information content (AvgIpc) is 2.56. The molecule has 3 nitrogen and oxygen atoms in total. The van der Waals surface area contributed by atoms with Gasteiger partial charge in [0.25, 0.3) is 0 Å². The van der Waals surface area contributed by atoms with E-state index in [0.29, 0.717) is 13.0 Å². The Morgan fingerprint density at radius 1 is 1.44 bits per heavy atom. The summed E-state index contributed by atoms with van der Waals surface area (Å²) >= 11 is 0. The van der Waals surface area contributed by atoms with E-state index in [0.717, 1.165) is 11.1 Å². The molecule has 1 aliphatic heterocycles. The van der Waals surface area contributed by atoms with Gasteiger partial charge in [-0.3, -0.25) is 4.79 Å². The van der Waals surface area contributed by atoms with Gasteiger partial charge in [-0.25, -0.2) is 0 Å². The second-order valence-electron chi connectivity index (χ2n) is 5.59. The molecule has 0 aromatic heterocycles. The third-order valence-corrected chi connectivity index (χ3v) is 3.57. The molecule has 0 radical (unpaired) electrons. The highest BCUT2D eigenvalue weighted by Gasteiger charge is 2.41. The zero-order valence-electron chi connectivity index (χ0n) is 11.6. The lowest BCUT2D eigenvalue weighted by molar-refractivity contribution is -0.138. The van der Waals surface area contributed by atoms with Gasteiger partial charge in [-0.15, -0.1) is 0 Å². The molecule has 0 saturated carbocycles. The van der Waals surface area contributed by atoms with Crippen LogP contribution in [0.5, 0.6) is 0 Å². The van der Waals surface area contributed by atoms with Gasteiger partial charge in [0, 0.05) is 0 Å². The van der Waals surface area contributed by atoms with Gasteiger partial charge in [0.1, 0.15) is 6.23 Å². The van der Waals surface area contributed by atoms with E-state index in [1.165, 1.54) is 0 Å². The fourth-order valence-corrected chi connectivity index (χ4v) is 2.56. The molecule has 0 spiro atoms. The van der Waals surface area contributed by atoms with Gasteiger partial charge in [-0.05, 0) is 38.8 Å². The fourth-order valence-electron chi connectivity index (χ4n) is 2.56. The van der Waals surface area contributed by atoms with E-state index >= 15 is 0 Å². The minimum atomic E-state index is -0.209. The monoisotopic (exact) mass is 247 g/mol. The summed E-state index contributed by atoms with van der Waals surface area (Å²) in [6, 6.07) is 8.03. The maximum atomic E-state index is 12.4. The van der Waals surface area contributed by atoms with Crippen molar-refractivity contribution in [1.29, 1.82) is 0 Å². The Kier molecular flexibility index (Phi) is 3.44. The van der Waals surface area contributed by atoms with Crippen molar-refractivity contribution in [1.82, 2.24) is 4.90 Å². The Labute approximate surface area is 109 Å². The first-order valence-electron chi connectivity index (χ1n) is 6.40. The van der Waals surface area contributed by atoms with Crippen molar-refractivity contribution in [3.8, 4) is 0 Å². The first kappa shape index (κ1) is 13.1. The molecule has 1 heterocycles. The van der Waals surface area contributed by atoms with Crippen molar-refractivity contribution in [2.24, 2.45) is 0 Å². The summed E-state index contributed by atoms with van der Waals surface area (Å²) in [5.74, 6) is 0.138. The topological polar surface area (TPSA) is 29.5 Å². The van der Waals surface area contributed by atoms with Crippen LogP contribution in [0.1, 0.15) is 31.9 Å². The molecular weight excluding hydrogens is 226 g/mol. The molecule has 3 heteroatoms. The summed E-state index contributed by atoms with van der Waals surface area (Å²) in [7, 11) is 0. The Hall–Kier alpha value is -1.35. The number of hydrogen-bond donors (Lipinski definition) is 0. The normalized spacial score (nSPS) is 22.2. The van der Waals surface area contributed by atoms with Gasteiger partial charge in [-0.1, -0.05) is 24.3 Å². The van der Waals surface area contributed by atoms with Crippen LogP contribution in [0, 0.1) is 6.92 Å². The second-order valence-corrected chi connectivity index (χ2v) is 5.59. The van der Waals surface area contributed by atoms with Crippen molar-refractivity contribution in [3.63, 3.8) is 0 Å². The van der Waals surface area contributed by atoms with Crippen LogP contribution in [0.2, 0.25) is 0 Å². The smallest absolute Gasteiger partial charge is 0.229 e. The molecule has 0 N–H and O–H groups in total. The van der Waals surface area contributed by atoms with Crippen LogP contribution < -0.4 is 0 Å². The molecule has 1 aliphatic rings. The Bertz CT molecular complexity index is 454. The SMILES string of the molecule is Cc1ccccc1CC(=O)N1C(C)OCC1(C)C. The number of amides is 1. The first-order chi connectivity index (χ1) is 8.42. The Morgan fingerprint density at radius 3 is 2.67 bits per heavy atom. The van der Waals surface area contributed by atoms with Crippen molar-refractivity contribution in [2.45, 2.75) is 45.9 Å². The fraction of sp³-hybridized carbons (Fsp3) is 0.533. The van der Waals surface area contributed by atoms with Crippen LogP contribution in [-0.2, 0) is 16.0 Å². The van der Waals surface area contributed by atoms with Crippen molar-refractivity contribution < 1.29 is 9.53 Å². The lowest BCUT2D eigenvalue weighted by atomic mass is 10.0. The van der Waals surface area contributed by atoms with E-state index in [2.05, 4.69) is 0 Å². The van der Waals surface area contributed by atoms with Gasteiger partial charge in [0.2, 0.25) is 5.91 Å². The average molecular weight is 247 g/mol. The third kappa shape index (κ3) is 2.41. The zero-order chi connectivity index (χ0) is 13.3. The number of aryl methyl sites for hydroxylation is 1. The molecule has 18 heavy (non-hydrogen) atoms. The molecule has 98 valence electrons. The van der Waals surface area contributed by atoms with Crippen LogP contribution in [0.15, 0.2) is 24.3 Å². The number of nitrogens with zero attached hydrogens (tertiary/aromatic N) is 1. The second kappa shape index (κ2) is 4.73. The zero-order valence-corrected chi connectivity index (χ0v) is 11.6. The maximum Gasteiger partial charge on any atom is 0.229 e. The molecule has 1 fully saturated rings. The number of rotatable bonds is 2. The van der Waals surface area contributed by atoms with Crippen LogP contribution >= 0.6 is 0 Å². The molecule has 1 aromatic rings. The van der Waals surface area contributed by atoms with E-state index in [4.69, 9.17) is 4.74 Å². The Morgan fingerprint density at radius 2 is 2.11 bits per heavy atom. The lowest BCUT2D eigenvalue weighted by Gasteiger charge is -2.32. The summed E-state index contributed by atoms with van der Waals surface area (Å²) in [6.45, 7) is 8.67. The highest BCUT2D eigenvalue weighted by Crippen LogP contribution is 2.27. The predicted molar refractivity (Wildman–Crippen MR) is 71.2 cm³/mol. The van der Waals surface area contributed by atoms with Crippen molar-refractivity contribution in [3.05, 3.63) is 35.4 Å². The molecule has 1 saturated heterocycles. The number of hydrogen-bond acceptors (Lipinski definition) is 2. The summed E-state index contributed by atoms with van der Waals surface area (Å²) in [5.41, 5.74) is 2.05. The molecule has 0 aliphatic carbocycles. The lowest BCUT2D eigenvalue weighted by Crippen LogP contribution is -2.48. The number of carbonyl (C=O) groups excluding carboxylic acids is 1. The van der Waals surface area contributed by atoms with E-state index in [-0.39, 0.29) is 17.7 Å². The van der Waals surface area contributed by atoms with Crippen LogP contribution in [0.25, 0.3) is 0 Å². The maximum absolute atomic E-state index is 12.4. The third-order valence-electron chi connectivity index (χ3n) is 3.57. The number of ether oxygens (including phenoxy) is 1. The Balaban J connectivity index is 2.15. The van der Waals surface area contributed by atoms with E-state index in [1.807, 2.05) is 56.9 Å². The molecule has 1 unspecified atom stereocenters. The van der Waals surface area contributed by atoms with Gasteiger partial charge >= 0.3 is 0 Å². The molecular formula is C15H21NO2. The van der Waals surface area contributed by atoms with E-state index in [1.54, 1.807) is 0 Å². The van der Waals surface area contributed by atoms with E-state index in [9.17, 15) is 4.79 Å². The summed E-state index contributed by atoms with van der Waals surface area (Å²) < 4.78 is 5.57. The van der Waals surface area contributed by atoms with Crippen LogP contribution in [0.4, 0.5) is 0 Å². The predicted octanol–water partition coefficient (Wildman–Crippen LogP) is 2.52. The van der Waals surface area contributed by atoms with Gasteiger partial charge in [0.15, 0.2) is 0 Å². The first-order valence-corrected chi connectivity index (χ1v) is 6.40. The molecule has 1 atom stereocenters. The van der Waals surface area contributed by atoms with Gasteiger partial charge in [-0.2, -0.15) is 0 Å². The largest absolute Gasteiger partial charge is 0.356 e. The molecule has 0 bridgehead atoms. The summed E-state index contributed by atoms with van der Waals surface area (Å²) in [6.07, 6.45) is 0.320. The standard InChI is InChI=1S/C15H21NO2/c1-11-7-5-6-8-13(11)9-14(17)16-12(2)18-10-15(16,3)4/h5-8,12H,9-10H2,1-4H3. The summed E-state index contributed by atoms with van der Waals surface area (Å²) in [4.78, 5) is 14.3. The number of benzene rings is 1. The van der Waals surface area contributed by atoms with Gasteiger partial charge < -0.3 is 9.64 Å². The van der Waals surface area contributed by atoms with Crippen LogP contribution in [0.3, 0.4) is 0 Å². The molecule has 2 rings (SSSR count). The molecule has 1 amide bonds. The van der Waals surface area contributed by atoms with Crippen LogP contribution in [-0.4, -0.2) is 29.2 Å². The summed E-state index contributed by atoms with van der Waals surface area (Å²) in [5, 5.41) is 0. The highest BCUT2D eigenvalue weighted by atomic mass is 16.5. The molecule has 1 aromatic carbocycles. The minimum absolute atomic E-state index is 0.128. The van der Waals surface area contributed by atoms with E-state index < -0.39 is 0 Å².